The number of rotatable bonds is 7. The van der Waals surface area contributed by atoms with Crippen molar-refractivity contribution in [3.05, 3.63) is 365 Å². The van der Waals surface area contributed by atoms with E-state index in [0.717, 1.165) is 33.1 Å². The van der Waals surface area contributed by atoms with Gasteiger partial charge in [0.25, 0.3) is 0 Å². The molecule has 0 aliphatic heterocycles. The topological polar surface area (TPSA) is 26.3 Å². The van der Waals surface area contributed by atoms with E-state index in [2.05, 4.69) is 344 Å². The van der Waals surface area contributed by atoms with Gasteiger partial charge in [-0.25, -0.2) is 0 Å². The minimum Gasteiger partial charge on any atom is -0.456 e. The molecule has 5 aliphatic rings. The third-order valence-corrected chi connectivity index (χ3v) is 24.7. The zero-order chi connectivity index (χ0) is 68.3. The summed E-state index contributed by atoms with van der Waals surface area (Å²) in [6, 6.07) is 105. The molecule has 2 nitrogen and oxygen atoms in total. The fourth-order valence-electron chi connectivity index (χ4n) is 19.8. The Labute approximate surface area is 598 Å². The molecule has 0 saturated heterocycles. The molecular formula is C101H68O2. The Hall–Kier alpha value is -12.4. The zero-order valence-corrected chi connectivity index (χ0v) is 57.9. The lowest BCUT2D eigenvalue weighted by atomic mass is 9.71. The Morgan fingerprint density at radius 2 is 0.718 bits per heavy atom. The molecule has 103 heavy (non-hydrogen) atoms. The van der Waals surface area contributed by atoms with Crippen LogP contribution in [0.5, 0.6) is 0 Å². The summed E-state index contributed by atoms with van der Waals surface area (Å²) < 4.78 is 13.5. The van der Waals surface area contributed by atoms with Gasteiger partial charge in [-0.15, -0.1) is 0 Å². The molecule has 484 valence electrons. The Kier molecular flexibility index (Phi) is 12.1. The quantitative estimate of drug-likeness (QED) is 0.149. The van der Waals surface area contributed by atoms with Gasteiger partial charge in [0.2, 0.25) is 0 Å². The monoisotopic (exact) mass is 1310 g/mol. The second kappa shape index (κ2) is 21.3. The summed E-state index contributed by atoms with van der Waals surface area (Å²) in [7, 11) is 0. The highest BCUT2D eigenvalue weighted by atomic mass is 16.3. The maximum atomic E-state index is 6.87. The lowest BCUT2D eigenvalue weighted by Gasteiger charge is -2.31. The predicted molar refractivity (Wildman–Crippen MR) is 432 cm³/mol. The second-order valence-corrected chi connectivity index (χ2v) is 30.1. The highest BCUT2D eigenvalue weighted by Crippen LogP contribution is 2.64. The molecule has 22 rings (SSSR count). The maximum absolute atomic E-state index is 6.87. The van der Waals surface area contributed by atoms with Crippen LogP contribution in [0.4, 0.5) is 0 Å². The standard InChI is InChI=1S/C101H68O2/c1-57-19-6-8-21-65(57)76-47-49-83-96(97-84(100(83,3)4)51-53-89-94(97)79-27-14-16-31-87(79)102-89)91(76)62-39-35-60(36-40-62)67-45-46-78-82-56-64(42-44-73(82)75-30-18-29-74(67)93(75)78)101(5)85-50-48-77(66-22-9-7-20-58(66)2)92(98(85)99-86(101)52-54-90-95(99)80-28-15-17-32-88(80)103-90)61-37-33-59(34-38-61)63-41-43-72-70-25-11-10-23-68(70)69-24-12-13-26-71(69)81(72)55-63/h6-56,74,93H,1-5H3. The van der Waals surface area contributed by atoms with E-state index in [1.807, 2.05) is 0 Å². The summed E-state index contributed by atoms with van der Waals surface area (Å²) in [4.78, 5) is 0. The summed E-state index contributed by atoms with van der Waals surface area (Å²) in [5.74, 6) is 0.334. The summed E-state index contributed by atoms with van der Waals surface area (Å²) in [6.45, 7) is 11.8. The van der Waals surface area contributed by atoms with Crippen molar-refractivity contribution in [2.75, 3.05) is 0 Å². The first-order chi connectivity index (χ1) is 50.6. The van der Waals surface area contributed by atoms with Gasteiger partial charge in [-0.3, -0.25) is 0 Å². The van der Waals surface area contributed by atoms with Gasteiger partial charge in [0.05, 0.1) is 0 Å². The molecule has 3 atom stereocenters. The molecule has 0 bridgehead atoms. The van der Waals surface area contributed by atoms with Crippen LogP contribution in [-0.4, -0.2) is 0 Å². The van der Waals surface area contributed by atoms with Crippen molar-refractivity contribution in [2.24, 2.45) is 11.8 Å². The van der Waals surface area contributed by atoms with E-state index in [9.17, 15) is 0 Å². The minimum atomic E-state index is -0.560. The maximum Gasteiger partial charge on any atom is 0.136 e. The SMILES string of the molecule is Cc1ccccc1-c1ccc2c(c1-c1ccc(C3=CC=C4c5cc(C6(C)c7ccc(-c8ccccc8C)c(-c8ccc(-c9ccc%10c%11ccccc%11c%11ccccc%11c%10c9)cc8)c7-c7c6ccc6oc8ccccc8c76)ccc5C5=CC=CC3C54)cc1)-c1c(ccc3oc4ccccc4c13)C2(C)C. The fourth-order valence-corrected chi connectivity index (χ4v) is 19.8. The molecule has 0 N–H and O–H groups in total. The van der Waals surface area contributed by atoms with Crippen LogP contribution < -0.4 is 0 Å². The number of para-hydroxylation sites is 2. The van der Waals surface area contributed by atoms with Crippen LogP contribution >= 0.6 is 0 Å². The van der Waals surface area contributed by atoms with Crippen molar-refractivity contribution in [3.8, 4) is 77.9 Å². The Morgan fingerprint density at radius 3 is 1.33 bits per heavy atom. The van der Waals surface area contributed by atoms with E-state index in [1.165, 1.54) is 193 Å². The normalized spacial score (nSPS) is 17.2. The molecule has 15 aromatic carbocycles. The lowest BCUT2D eigenvalue weighted by Crippen LogP contribution is -2.22. The molecule has 17 aromatic rings. The number of benzene rings is 15. The molecule has 2 heteroatoms. The van der Waals surface area contributed by atoms with E-state index < -0.39 is 5.41 Å². The Bertz CT molecular complexity index is 6750. The number of fused-ring (bicyclic) bond motifs is 23. The summed E-state index contributed by atoms with van der Waals surface area (Å²) in [6.07, 6.45) is 12.1. The summed E-state index contributed by atoms with van der Waals surface area (Å²) >= 11 is 0. The van der Waals surface area contributed by atoms with Crippen molar-refractivity contribution in [1.82, 2.24) is 0 Å². The van der Waals surface area contributed by atoms with Gasteiger partial charge in [-0.1, -0.05) is 287 Å². The van der Waals surface area contributed by atoms with Crippen molar-refractivity contribution in [2.45, 2.75) is 45.4 Å². The number of hydrogen-bond acceptors (Lipinski definition) is 2. The van der Waals surface area contributed by atoms with Crippen LogP contribution in [0.25, 0.3) is 171 Å². The molecule has 0 saturated carbocycles. The van der Waals surface area contributed by atoms with Gasteiger partial charge in [0.1, 0.15) is 22.3 Å². The van der Waals surface area contributed by atoms with E-state index in [0.29, 0.717) is 0 Å². The summed E-state index contributed by atoms with van der Waals surface area (Å²) in [5, 5.41) is 12.3. The first-order valence-corrected chi connectivity index (χ1v) is 36.4. The molecule has 0 fully saturated rings. The van der Waals surface area contributed by atoms with Crippen LogP contribution in [-0.2, 0) is 10.8 Å². The first-order valence-electron chi connectivity index (χ1n) is 36.4. The van der Waals surface area contributed by atoms with Crippen LogP contribution in [0.1, 0.15) is 76.4 Å². The first kappa shape index (κ1) is 58.4. The van der Waals surface area contributed by atoms with Gasteiger partial charge in [0, 0.05) is 44.2 Å². The smallest absolute Gasteiger partial charge is 0.136 e. The largest absolute Gasteiger partial charge is 0.456 e. The molecular weight excluding hydrogens is 1250 g/mol. The number of allylic oxidation sites excluding steroid dienone is 8. The number of furan rings is 2. The third-order valence-electron chi connectivity index (χ3n) is 24.7. The molecule has 2 heterocycles. The minimum absolute atomic E-state index is 0.155. The van der Waals surface area contributed by atoms with Gasteiger partial charge in [-0.05, 0) is 240 Å². The highest BCUT2D eigenvalue weighted by Gasteiger charge is 2.47. The molecule has 3 unspecified atom stereocenters. The lowest BCUT2D eigenvalue weighted by molar-refractivity contribution is 0.656. The van der Waals surface area contributed by atoms with Gasteiger partial charge < -0.3 is 8.83 Å². The molecule has 2 aromatic heterocycles. The van der Waals surface area contributed by atoms with Gasteiger partial charge in [-0.2, -0.15) is 0 Å². The van der Waals surface area contributed by atoms with Crippen LogP contribution in [0, 0.1) is 25.7 Å². The van der Waals surface area contributed by atoms with Crippen LogP contribution in [0.3, 0.4) is 0 Å². The van der Waals surface area contributed by atoms with Gasteiger partial charge >= 0.3 is 0 Å². The highest BCUT2D eigenvalue weighted by molar-refractivity contribution is 6.26. The van der Waals surface area contributed by atoms with Crippen molar-refractivity contribution < 1.29 is 8.83 Å². The summed E-state index contributed by atoms with van der Waals surface area (Å²) in [5.41, 5.74) is 37.3. The van der Waals surface area contributed by atoms with E-state index in [4.69, 9.17) is 8.83 Å². The Balaban J connectivity index is 0.688. The third kappa shape index (κ3) is 8.04. The van der Waals surface area contributed by atoms with Gasteiger partial charge in [0.15, 0.2) is 0 Å². The van der Waals surface area contributed by atoms with Crippen LogP contribution in [0.2, 0.25) is 0 Å². The molecule has 0 amide bonds. The molecule has 5 aliphatic carbocycles. The van der Waals surface area contributed by atoms with Crippen LogP contribution in [0.15, 0.2) is 318 Å². The fraction of sp³-hybridized carbons (Fsp3) is 0.0891. The number of hydrogen-bond donors (Lipinski definition) is 0. The Morgan fingerprint density at radius 1 is 0.282 bits per heavy atom. The molecule has 0 spiro atoms. The molecule has 0 radical (unpaired) electrons. The predicted octanol–water partition coefficient (Wildman–Crippen LogP) is 27.2. The van der Waals surface area contributed by atoms with Crippen molar-refractivity contribution in [1.29, 1.82) is 0 Å². The second-order valence-electron chi connectivity index (χ2n) is 30.1. The van der Waals surface area contributed by atoms with Crippen molar-refractivity contribution in [3.63, 3.8) is 0 Å². The van der Waals surface area contributed by atoms with E-state index in [1.54, 1.807) is 0 Å². The van der Waals surface area contributed by atoms with E-state index >= 15 is 0 Å². The zero-order valence-electron chi connectivity index (χ0n) is 57.9. The van der Waals surface area contributed by atoms with E-state index in [-0.39, 0.29) is 17.3 Å². The number of aryl methyl sites for hydroxylation is 2. The average molecular weight is 1310 g/mol. The average Bonchev–Trinajstić information content (AvgIpc) is 1.53. The van der Waals surface area contributed by atoms with Crippen molar-refractivity contribution >= 4 is 92.9 Å².